The van der Waals surface area contributed by atoms with Crippen LogP contribution in [0.4, 0.5) is 0 Å². The average molecular weight is 328 g/mol. The van der Waals surface area contributed by atoms with Gasteiger partial charge in [0.25, 0.3) is 0 Å². The third-order valence-corrected chi connectivity index (χ3v) is 4.27. The Morgan fingerprint density at radius 1 is 1.04 bits per heavy atom. The fourth-order valence-electron chi connectivity index (χ4n) is 2.81. The van der Waals surface area contributed by atoms with E-state index in [4.69, 9.17) is 15.2 Å². The molecule has 0 saturated carbocycles. The Bertz CT molecular complexity index is 382. The van der Waals surface area contributed by atoms with E-state index >= 15 is 0 Å². The van der Waals surface area contributed by atoms with E-state index in [1.165, 1.54) is 0 Å². The minimum Gasteiger partial charge on any atom is -0.379 e. The van der Waals surface area contributed by atoms with Gasteiger partial charge in [0.05, 0.1) is 32.5 Å². The predicted molar refractivity (Wildman–Crippen MR) is 84.9 cm³/mol. The number of hydrogen-bond donors (Lipinski definition) is 2. The number of ether oxygens (including phenoxy) is 2. The van der Waals surface area contributed by atoms with E-state index in [0.717, 1.165) is 32.8 Å². The number of primary amides is 1. The molecular weight excluding hydrogens is 300 g/mol. The summed E-state index contributed by atoms with van der Waals surface area (Å²) in [4.78, 5) is 27.7. The monoisotopic (exact) mass is 328 g/mol. The molecule has 2 amide bonds. The highest BCUT2D eigenvalue weighted by molar-refractivity contribution is 5.80. The molecule has 8 heteroatoms. The van der Waals surface area contributed by atoms with Gasteiger partial charge in [-0.15, -0.1) is 0 Å². The summed E-state index contributed by atoms with van der Waals surface area (Å²) in [6.45, 7) is 7.02. The summed E-state index contributed by atoms with van der Waals surface area (Å²) in [5, 5.41) is 3.12. The molecule has 0 bridgehead atoms. The van der Waals surface area contributed by atoms with E-state index in [-0.39, 0.29) is 11.8 Å². The number of rotatable bonds is 8. The van der Waals surface area contributed by atoms with Crippen molar-refractivity contribution in [3.8, 4) is 0 Å². The molecule has 2 aliphatic rings. The van der Waals surface area contributed by atoms with E-state index in [9.17, 15) is 9.59 Å². The Kier molecular flexibility index (Phi) is 7.73. The Balaban J connectivity index is 1.65. The maximum atomic E-state index is 12.0. The van der Waals surface area contributed by atoms with Crippen LogP contribution < -0.4 is 11.1 Å². The Morgan fingerprint density at radius 3 is 2.26 bits per heavy atom. The summed E-state index contributed by atoms with van der Waals surface area (Å²) in [5.74, 6) is -0.269. The molecule has 3 N–H and O–H groups in total. The van der Waals surface area contributed by atoms with Gasteiger partial charge in [-0.25, -0.2) is 0 Å². The van der Waals surface area contributed by atoms with Crippen molar-refractivity contribution >= 4 is 11.8 Å². The molecule has 0 spiro atoms. The number of nitrogens with two attached hydrogens (primary N) is 1. The van der Waals surface area contributed by atoms with E-state index in [1.807, 2.05) is 0 Å². The van der Waals surface area contributed by atoms with Crippen LogP contribution in [-0.4, -0.2) is 93.4 Å². The first kappa shape index (κ1) is 18.1. The second-order valence-corrected chi connectivity index (χ2v) is 5.89. The van der Waals surface area contributed by atoms with Gasteiger partial charge in [-0.1, -0.05) is 0 Å². The van der Waals surface area contributed by atoms with Crippen LogP contribution in [0.5, 0.6) is 0 Å². The van der Waals surface area contributed by atoms with Crippen molar-refractivity contribution in [2.24, 2.45) is 5.73 Å². The summed E-state index contributed by atoms with van der Waals surface area (Å²) < 4.78 is 10.5. The summed E-state index contributed by atoms with van der Waals surface area (Å²) >= 11 is 0. The zero-order chi connectivity index (χ0) is 16.5. The van der Waals surface area contributed by atoms with Crippen LogP contribution in [0.15, 0.2) is 0 Å². The lowest BCUT2D eigenvalue weighted by Crippen LogP contribution is -2.47. The van der Waals surface area contributed by atoms with Crippen molar-refractivity contribution in [1.82, 2.24) is 15.1 Å². The van der Waals surface area contributed by atoms with Crippen LogP contribution in [0.1, 0.15) is 12.8 Å². The lowest BCUT2D eigenvalue weighted by molar-refractivity contribution is -0.135. The summed E-state index contributed by atoms with van der Waals surface area (Å²) in [5.41, 5.74) is 5.46. The third kappa shape index (κ3) is 6.42. The number of morpholine rings is 2. The highest BCUT2D eigenvalue weighted by atomic mass is 16.5. The van der Waals surface area contributed by atoms with Crippen LogP contribution in [0.25, 0.3) is 0 Å². The van der Waals surface area contributed by atoms with Crippen LogP contribution >= 0.6 is 0 Å². The number of carbonyl (C=O) groups is 2. The smallest absolute Gasteiger partial charge is 0.234 e. The van der Waals surface area contributed by atoms with Crippen molar-refractivity contribution in [2.45, 2.75) is 18.9 Å². The van der Waals surface area contributed by atoms with Crippen LogP contribution in [0.3, 0.4) is 0 Å². The van der Waals surface area contributed by atoms with Crippen LogP contribution in [0, 0.1) is 0 Å². The lowest BCUT2D eigenvalue weighted by Gasteiger charge is -2.28. The molecule has 23 heavy (non-hydrogen) atoms. The zero-order valence-corrected chi connectivity index (χ0v) is 13.7. The number of hydrogen-bond acceptors (Lipinski definition) is 6. The number of carbonyl (C=O) groups excluding carboxylic acids is 2. The van der Waals surface area contributed by atoms with Crippen LogP contribution in [-0.2, 0) is 19.1 Å². The largest absolute Gasteiger partial charge is 0.379 e. The normalized spacial score (nSPS) is 21.1. The molecule has 0 aromatic rings. The molecule has 2 saturated heterocycles. The first-order chi connectivity index (χ1) is 11.2. The SMILES string of the molecule is NC(=O)C(CCN1CCOCC1)NCCC(=O)N1CCOCC1. The third-order valence-electron chi connectivity index (χ3n) is 4.27. The Hall–Kier alpha value is -1.22. The minimum absolute atomic E-state index is 0.0946. The van der Waals surface area contributed by atoms with E-state index in [0.29, 0.717) is 45.7 Å². The van der Waals surface area contributed by atoms with Crippen molar-refractivity contribution in [3.63, 3.8) is 0 Å². The zero-order valence-electron chi connectivity index (χ0n) is 13.7. The molecule has 8 nitrogen and oxygen atoms in total. The average Bonchev–Trinajstić information content (AvgIpc) is 2.59. The molecular formula is C15H28N4O4. The van der Waals surface area contributed by atoms with Crippen molar-refractivity contribution in [2.75, 3.05) is 65.7 Å². The number of nitrogens with one attached hydrogen (secondary N) is 1. The molecule has 2 aliphatic heterocycles. The van der Waals surface area contributed by atoms with Gasteiger partial charge in [-0.05, 0) is 6.42 Å². The number of nitrogens with zero attached hydrogens (tertiary/aromatic N) is 2. The summed E-state index contributed by atoms with van der Waals surface area (Å²) in [6, 6.07) is -0.393. The maximum Gasteiger partial charge on any atom is 0.234 e. The second kappa shape index (κ2) is 9.82. The van der Waals surface area contributed by atoms with E-state index < -0.39 is 6.04 Å². The summed E-state index contributed by atoms with van der Waals surface area (Å²) in [6.07, 6.45) is 1.03. The highest BCUT2D eigenvalue weighted by Crippen LogP contribution is 2.02. The van der Waals surface area contributed by atoms with Gasteiger partial charge < -0.3 is 25.4 Å². The highest BCUT2D eigenvalue weighted by Gasteiger charge is 2.20. The van der Waals surface area contributed by atoms with E-state index in [1.54, 1.807) is 4.90 Å². The molecule has 2 rings (SSSR count). The van der Waals surface area contributed by atoms with Crippen molar-refractivity contribution in [1.29, 1.82) is 0 Å². The Labute approximate surface area is 137 Å². The maximum absolute atomic E-state index is 12.0. The standard InChI is InChI=1S/C15H28N4O4/c16-15(21)13(2-4-18-5-9-22-10-6-18)17-3-1-14(20)19-7-11-23-12-8-19/h13,17H,1-12H2,(H2,16,21). The predicted octanol–water partition coefficient (Wildman–Crippen LogP) is -1.60. The van der Waals surface area contributed by atoms with E-state index in [2.05, 4.69) is 10.2 Å². The minimum atomic E-state index is -0.393. The van der Waals surface area contributed by atoms with Gasteiger partial charge in [0.2, 0.25) is 11.8 Å². The first-order valence-corrected chi connectivity index (χ1v) is 8.35. The number of amides is 2. The summed E-state index contributed by atoms with van der Waals surface area (Å²) in [7, 11) is 0. The van der Waals surface area contributed by atoms with Gasteiger partial charge in [0.15, 0.2) is 0 Å². The molecule has 0 radical (unpaired) electrons. The molecule has 132 valence electrons. The first-order valence-electron chi connectivity index (χ1n) is 8.35. The van der Waals surface area contributed by atoms with Crippen LogP contribution in [0.2, 0.25) is 0 Å². The molecule has 0 aromatic heterocycles. The van der Waals surface area contributed by atoms with Gasteiger partial charge in [0, 0.05) is 45.7 Å². The fraction of sp³-hybridized carbons (Fsp3) is 0.867. The van der Waals surface area contributed by atoms with Gasteiger partial charge >= 0.3 is 0 Å². The van der Waals surface area contributed by atoms with Gasteiger partial charge in [-0.3, -0.25) is 14.5 Å². The molecule has 0 aliphatic carbocycles. The lowest BCUT2D eigenvalue weighted by atomic mass is 10.1. The van der Waals surface area contributed by atoms with Crippen molar-refractivity contribution in [3.05, 3.63) is 0 Å². The molecule has 2 heterocycles. The molecule has 2 fully saturated rings. The topological polar surface area (TPSA) is 97.1 Å². The quantitative estimate of drug-likeness (QED) is 0.557. The molecule has 0 aromatic carbocycles. The molecule has 1 unspecified atom stereocenters. The fourth-order valence-corrected chi connectivity index (χ4v) is 2.81. The Morgan fingerprint density at radius 2 is 1.65 bits per heavy atom. The van der Waals surface area contributed by atoms with Gasteiger partial charge in [0.1, 0.15) is 0 Å². The second-order valence-electron chi connectivity index (χ2n) is 5.89. The van der Waals surface area contributed by atoms with Crippen molar-refractivity contribution < 1.29 is 19.1 Å². The molecule has 1 atom stereocenters. The van der Waals surface area contributed by atoms with Gasteiger partial charge in [-0.2, -0.15) is 0 Å².